The summed E-state index contributed by atoms with van der Waals surface area (Å²) in [5.74, 6) is -0.481. The lowest BCUT2D eigenvalue weighted by Gasteiger charge is -2.00. The van der Waals surface area contributed by atoms with Crippen LogP contribution >= 0.6 is 0 Å². The Kier molecular flexibility index (Phi) is 2.52. The molecule has 0 bridgehead atoms. The molecule has 1 amide bonds. The average molecular weight is 176 g/mol. The van der Waals surface area contributed by atoms with Gasteiger partial charge in [-0.1, -0.05) is 11.2 Å². The molecule has 0 saturated carbocycles. The molecule has 2 N–H and O–H groups in total. The van der Waals surface area contributed by atoms with Gasteiger partial charge in [0.2, 0.25) is 5.91 Å². The highest BCUT2D eigenvalue weighted by Crippen LogP contribution is 2.17. The maximum atomic E-state index is 10.8. The molecule has 0 aliphatic heterocycles. The second-order valence-corrected chi connectivity index (χ2v) is 2.55. The number of hydrogen-bond donors (Lipinski definition) is 1. The van der Waals surface area contributed by atoms with Gasteiger partial charge in [-0.25, -0.2) is 0 Å². The summed E-state index contributed by atoms with van der Waals surface area (Å²) < 4.78 is 0. The standard InChI is InChI=1S/C8H8N4O/c1-5-4-6(11-12-10)2-3-7(5)8(9)13/h2-4H,1H3,(H2,9,13). The summed E-state index contributed by atoms with van der Waals surface area (Å²) in [5, 5.41) is 3.40. The Hall–Kier alpha value is -2.00. The zero-order valence-electron chi connectivity index (χ0n) is 7.06. The Balaban J connectivity index is 3.19. The molecule has 0 saturated heterocycles. The van der Waals surface area contributed by atoms with Crippen LogP contribution < -0.4 is 5.73 Å². The molecule has 0 radical (unpaired) electrons. The number of benzene rings is 1. The molecule has 5 heteroatoms. The monoisotopic (exact) mass is 176 g/mol. The molecular weight excluding hydrogens is 168 g/mol. The van der Waals surface area contributed by atoms with Gasteiger partial charge in [-0.3, -0.25) is 4.79 Å². The van der Waals surface area contributed by atoms with Gasteiger partial charge < -0.3 is 5.73 Å². The van der Waals surface area contributed by atoms with Gasteiger partial charge in [-0.05, 0) is 30.2 Å². The van der Waals surface area contributed by atoms with E-state index in [1.807, 2.05) is 0 Å². The van der Waals surface area contributed by atoms with Crippen molar-refractivity contribution in [3.8, 4) is 0 Å². The summed E-state index contributed by atoms with van der Waals surface area (Å²) in [6, 6.07) is 4.70. The van der Waals surface area contributed by atoms with Gasteiger partial charge in [-0.15, -0.1) is 0 Å². The number of azide groups is 1. The lowest BCUT2D eigenvalue weighted by molar-refractivity contribution is 0.1000. The lowest BCUT2D eigenvalue weighted by Crippen LogP contribution is -2.12. The fourth-order valence-corrected chi connectivity index (χ4v) is 1.04. The van der Waals surface area contributed by atoms with E-state index in [9.17, 15) is 4.79 Å². The van der Waals surface area contributed by atoms with Crippen molar-refractivity contribution < 1.29 is 4.79 Å². The first-order chi connectivity index (χ1) is 6.15. The molecule has 66 valence electrons. The quantitative estimate of drug-likeness (QED) is 0.416. The summed E-state index contributed by atoms with van der Waals surface area (Å²) in [6.45, 7) is 1.73. The number of amides is 1. The predicted molar refractivity (Wildman–Crippen MR) is 48.5 cm³/mol. The molecule has 0 spiro atoms. The minimum atomic E-state index is -0.481. The van der Waals surface area contributed by atoms with Crippen LogP contribution in [0.5, 0.6) is 0 Å². The summed E-state index contributed by atoms with van der Waals surface area (Å²) in [4.78, 5) is 13.4. The molecular formula is C8H8N4O. The molecule has 1 aromatic carbocycles. The Morgan fingerprint density at radius 1 is 1.62 bits per heavy atom. The first-order valence-electron chi connectivity index (χ1n) is 3.60. The topological polar surface area (TPSA) is 91.8 Å². The summed E-state index contributed by atoms with van der Waals surface area (Å²) in [5.41, 5.74) is 14.9. The van der Waals surface area contributed by atoms with Crippen LogP contribution in [-0.4, -0.2) is 5.91 Å². The van der Waals surface area contributed by atoms with Crippen molar-refractivity contribution in [2.45, 2.75) is 6.92 Å². The van der Waals surface area contributed by atoms with E-state index in [-0.39, 0.29) is 0 Å². The summed E-state index contributed by atoms with van der Waals surface area (Å²) in [6.07, 6.45) is 0. The molecule has 5 nitrogen and oxygen atoms in total. The summed E-state index contributed by atoms with van der Waals surface area (Å²) >= 11 is 0. The van der Waals surface area contributed by atoms with Crippen molar-refractivity contribution >= 4 is 11.6 Å². The fraction of sp³-hybridized carbons (Fsp3) is 0.125. The van der Waals surface area contributed by atoms with Crippen LogP contribution in [0.2, 0.25) is 0 Å². The van der Waals surface area contributed by atoms with Crippen molar-refractivity contribution in [1.29, 1.82) is 0 Å². The normalized spacial score (nSPS) is 9.00. The van der Waals surface area contributed by atoms with E-state index in [1.165, 1.54) is 0 Å². The van der Waals surface area contributed by atoms with Crippen molar-refractivity contribution in [2.24, 2.45) is 10.8 Å². The molecule has 0 heterocycles. The number of rotatable bonds is 2. The van der Waals surface area contributed by atoms with Crippen LogP contribution in [0.25, 0.3) is 10.4 Å². The Labute approximate surface area is 74.8 Å². The van der Waals surface area contributed by atoms with Crippen LogP contribution in [-0.2, 0) is 0 Å². The van der Waals surface area contributed by atoms with Crippen LogP contribution in [0.3, 0.4) is 0 Å². The van der Waals surface area contributed by atoms with E-state index >= 15 is 0 Å². The number of nitrogens with two attached hydrogens (primary N) is 1. The van der Waals surface area contributed by atoms with Gasteiger partial charge in [0.05, 0.1) is 0 Å². The smallest absolute Gasteiger partial charge is 0.248 e. The predicted octanol–water partition coefficient (Wildman–Crippen LogP) is 2.04. The number of carbonyl (C=O) groups is 1. The maximum absolute atomic E-state index is 10.8. The average Bonchev–Trinajstić information content (AvgIpc) is 2.04. The molecule has 0 fully saturated rings. The van der Waals surface area contributed by atoms with E-state index in [0.29, 0.717) is 16.8 Å². The second-order valence-electron chi connectivity index (χ2n) is 2.55. The van der Waals surface area contributed by atoms with Crippen molar-refractivity contribution in [3.63, 3.8) is 0 Å². The lowest BCUT2D eigenvalue weighted by atomic mass is 10.1. The zero-order chi connectivity index (χ0) is 9.84. The number of hydrogen-bond acceptors (Lipinski definition) is 2. The third-order valence-corrected chi connectivity index (χ3v) is 1.64. The number of aryl methyl sites for hydroxylation is 1. The van der Waals surface area contributed by atoms with Gasteiger partial charge in [0.25, 0.3) is 0 Å². The van der Waals surface area contributed by atoms with Crippen molar-refractivity contribution in [3.05, 3.63) is 39.8 Å². The van der Waals surface area contributed by atoms with E-state index in [1.54, 1.807) is 25.1 Å². The van der Waals surface area contributed by atoms with Gasteiger partial charge in [0.15, 0.2) is 0 Å². The van der Waals surface area contributed by atoms with Gasteiger partial charge in [0.1, 0.15) is 0 Å². The Morgan fingerprint density at radius 2 is 2.31 bits per heavy atom. The molecule has 0 unspecified atom stereocenters. The van der Waals surface area contributed by atoms with Gasteiger partial charge in [0, 0.05) is 16.2 Å². The third kappa shape index (κ3) is 1.98. The summed E-state index contributed by atoms with van der Waals surface area (Å²) in [7, 11) is 0. The van der Waals surface area contributed by atoms with E-state index < -0.39 is 5.91 Å². The first kappa shape index (κ1) is 9.09. The molecule has 0 aromatic heterocycles. The highest BCUT2D eigenvalue weighted by atomic mass is 16.1. The number of carbonyl (C=O) groups excluding carboxylic acids is 1. The van der Waals surface area contributed by atoms with Gasteiger partial charge >= 0.3 is 0 Å². The molecule has 0 atom stereocenters. The Bertz CT molecular complexity index is 393. The van der Waals surface area contributed by atoms with Crippen molar-refractivity contribution in [2.75, 3.05) is 0 Å². The van der Waals surface area contributed by atoms with E-state index in [2.05, 4.69) is 10.0 Å². The number of nitrogens with zero attached hydrogens (tertiary/aromatic N) is 3. The highest BCUT2D eigenvalue weighted by molar-refractivity contribution is 5.94. The molecule has 0 aliphatic rings. The van der Waals surface area contributed by atoms with Crippen LogP contribution in [0.1, 0.15) is 15.9 Å². The zero-order valence-corrected chi connectivity index (χ0v) is 7.06. The minimum Gasteiger partial charge on any atom is -0.366 e. The highest BCUT2D eigenvalue weighted by Gasteiger charge is 2.03. The Morgan fingerprint density at radius 3 is 2.77 bits per heavy atom. The van der Waals surface area contributed by atoms with E-state index in [0.717, 1.165) is 0 Å². The third-order valence-electron chi connectivity index (χ3n) is 1.64. The van der Waals surface area contributed by atoms with Gasteiger partial charge in [-0.2, -0.15) is 0 Å². The van der Waals surface area contributed by atoms with Crippen molar-refractivity contribution in [1.82, 2.24) is 0 Å². The van der Waals surface area contributed by atoms with Crippen LogP contribution in [0.15, 0.2) is 23.3 Å². The fourth-order valence-electron chi connectivity index (χ4n) is 1.04. The molecule has 1 aromatic rings. The molecule has 13 heavy (non-hydrogen) atoms. The van der Waals surface area contributed by atoms with Crippen LogP contribution in [0.4, 0.5) is 5.69 Å². The molecule has 1 rings (SSSR count). The second kappa shape index (κ2) is 3.60. The molecule has 0 aliphatic carbocycles. The number of primary amides is 1. The maximum Gasteiger partial charge on any atom is 0.248 e. The first-order valence-corrected chi connectivity index (χ1v) is 3.60. The SMILES string of the molecule is Cc1cc(N=[N+]=[N-])ccc1C(N)=O. The van der Waals surface area contributed by atoms with E-state index in [4.69, 9.17) is 11.3 Å². The largest absolute Gasteiger partial charge is 0.366 e. The van der Waals surface area contributed by atoms with Crippen LogP contribution in [0, 0.1) is 6.92 Å². The minimum absolute atomic E-state index is 0.442.